The topological polar surface area (TPSA) is 38.2 Å². The molecule has 2 heterocycles. The zero-order valence-electron chi connectivity index (χ0n) is 11.0. The molecule has 1 aromatic heterocycles. The average Bonchev–Trinajstić information content (AvgIpc) is 2.39. The van der Waals surface area contributed by atoms with Crippen molar-refractivity contribution < 1.29 is 4.74 Å². The molecule has 0 aromatic carbocycles. The molecule has 0 saturated carbocycles. The second-order valence-electron chi connectivity index (χ2n) is 4.69. The highest BCUT2D eigenvalue weighted by Crippen LogP contribution is 2.19. The zero-order chi connectivity index (χ0) is 13.0. The first-order valence-corrected chi connectivity index (χ1v) is 6.93. The number of likely N-dealkylation sites (N-methyl/N-ethyl adjacent to an activating group) is 1. The zero-order valence-corrected chi connectivity index (χ0v) is 11.8. The largest absolute Gasteiger partial charge is 0.376 e. The standard InChI is InChI=1S/C13H20ClN3O/c1-3-12-15-11(14)8-13(16-12)17(2)9-10-6-4-5-7-18-10/h8,10H,3-7,9H2,1-2H3. The van der Waals surface area contributed by atoms with Crippen molar-refractivity contribution >= 4 is 17.4 Å². The Balaban J connectivity index is 2.02. The van der Waals surface area contributed by atoms with Crippen molar-refractivity contribution in [1.82, 2.24) is 9.97 Å². The number of ether oxygens (including phenoxy) is 1. The minimum Gasteiger partial charge on any atom is -0.376 e. The lowest BCUT2D eigenvalue weighted by molar-refractivity contribution is 0.0215. The lowest BCUT2D eigenvalue weighted by atomic mass is 10.1. The van der Waals surface area contributed by atoms with Crippen LogP contribution in [0.5, 0.6) is 0 Å². The first-order valence-electron chi connectivity index (χ1n) is 6.55. The lowest BCUT2D eigenvalue weighted by Gasteiger charge is -2.28. The third-order valence-corrected chi connectivity index (χ3v) is 3.38. The van der Waals surface area contributed by atoms with E-state index in [1.807, 2.05) is 20.0 Å². The van der Waals surface area contributed by atoms with Crippen molar-refractivity contribution in [3.63, 3.8) is 0 Å². The van der Waals surface area contributed by atoms with Gasteiger partial charge in [-0.05, 0) is 19.3 Å². The lowest BCUT2D eigenvalue weighted by Crippen LogP contribution is -2.33. The molecule has 0 radical (unpaired) electrons. The summed E-state index contributed by atoms with van der Waals surface area (Å²) in [6.07, 6.45) is 4.66. The smallest absolute Gasteiger partial charge is 0.134 e. The molecular formula is C13H20ClN3O. The number of hydrogen-bond acceptors (Lipinski definition) is 4. The summed E-state index contributed by atoms with van der Waals surface area (Å²) in [6, 6.07) is 1.81. The SMILES string of the molecule is CCc1nc(Cl)cc(N(C)CC2CCCCO2)n1. The minimum atomic E-state index is 0.308. The number of hydrogen-bond donors (Lipinski definition) is 0. The molecule has 1 aromatic rings. The van der Waals surface area contributed by atoms with Gasteiger partial charge in [0.25, 0.3) is 0 Å². The number of rotatable bonds is 4. The second-order valence-corrected chi connectivity index (χ2v) is 5.08. The molecule has 1 aliphatic rings. The van der Waals surface area contributed by atoms with Crippen LogP contribution < -0.4 is 4.90 Å². The number of anilines is 1. The van der Waals surface area contributed by atoms with Gasteiger partial charge < -0.3 is 9.64 Å². The van der Waals surface area contributed by atoms with E-state index in [1.165, 1.54) is 12.8 Å². The first-order chi connectivity index (χ1) is 8.69. The van der Waals surface area contributed by atoms with Crippen LogP contribution in [0.3, 0.4) is 0 Å². The van der Waals surface area contributed by atoms with E-state index >= 15 is 0 Å². The molecule has 2 rings (SSSR count). The molecule has 1 saturated heterocycles. The molecule has 1 atom stereocenters. The fourth-order valence-electron chi connectivity index (χ4n) is 2.16. The molecule has 1 unspecified atom stereocenters. The van der Waals surface area contributed by atoms with E-state index in [0.717, 1.165) is 37.6 Å². The number of aromatic nitrogens is 2. The maximum atomic E-state index is 6.01. The van der Waals surface area contributed by atoms with Crippen molar-refractivity contribution in [2.24, 2.45) is 0 Å². The van der Waals surface area contributed by atoms with Crippen LogP contribution in [0, 0.1) is 0 Å². The molecule has 0 amide bonds. The van der Waals surface area contributed by atoms with Crippen molar-refractivity contribution in [3.05, 3.63) is 17.0 Å². The van der Waals surface area contributed by atoms with Crippen LogP contribution in [0.2, 0.25) is 5.15 Å². The van der Waals surface area contributed by atoms with Gasteiger partial charge in [0.05, 0.1) is 6.10 Å². The molecule has 100 valence electrons. The highest BCUT2D eigenvalue weighted by molar-refractivity contribution is 6.29. The molecule has 0 spiro atoms. The number of halogens is 1. The van der Waals surface area contributed by atoms with Crippen molar-refractivity contribution in [1.29, 1.82) is 0 Å². The van der Waals surface area contributed by atoms with E-state index in [4.69, 9.17) is 16.3 Å². The van der Waals surface area contributed by atoms with E-state index in [0.29, 0.717) is 11.3 Å². The van der Waals surface area contributed by atoms with E-state index < -0.39 is 0 Å². The summed E-state index contributed by atoms with van der Waals surface area (Å²) in [5, 5.41) is 0.508. The van der Waals surface area contributed by atoms with Gasteiger partial charge in [0.1, 0.15) is 16.8 Å². The Labute approximate surface area is 113 Å². The van der Waals surface area contributed by atoms with Gasteiger partial charge in [0, 0.05) is 32.7 Å². The van der Waals surface area contributed by atoms with Gasteiger partial charge in [-0.3, -0.25) is 0 Å². The summed E-state index contributed by atoms with van der Waals surface area (Å²) < 4.78 is 5.74. The Morgan fingerprint density at radius 2 is 2.28 bits per heavy atom. The van der Waals surface area contributed by atoms with Gasteiger partial charge in [-0.15, -0.1) is 0 Å². The second kappa shape index (κ2) is 6.34. The molecule has 18 heavy (non-hydrogen) atoms. The van der Waals surface area contributed by atoms with Crippen molar-refractivity contribution in [3.8, 4) is 0 Å². The third kappa shape index (κ3) is 3.56. The van der Waals surface area contributed by atoms with Crippen LogP contribution in [0.4, 0.5) is 5.82 Å². The minimum absolute atomic E-state index is 0.308. The van der Waals surface area contributed by atoms with Gasteiger partial charge in [0.15, 0.2) is 0 Å². The van der Waals surface area contributed by atoms with Gasteiger partial charge in [-0.25, -0.2) is 9.97 Å². The molecular weight excluding hydrogens is 250 g/mol. The maximum absolute atomic E-state index is 6.01. The quantitative estimate of drug-likeness (QED) is 0.788. The van der Waals surface area contributed by atoms with Crippen molar-refractivity contribution in [2.75, 3.05) is 25.1 Å². The normalized spacial score (nSPS) is 19.8. The monoisotopic (exact) mass is 269 g/mol. The number of aryl methyl sites for hydroxylation is 1. The summed E-state index contributed by atoms with van der Waals surface area (Å²) in [5.74, 6) is 1.66. The summed E-state index contributed by atoms with van der Waals surface area (Å²) in [7, 11) is 2.02. The van der Waals surface area contributed by atoms with Gasteiger partial charge in [-0.2, -0.15) is 0 Å². The Bertz CT molecular complexity index is 394. The highest BCUT2D eigenvalue weighted by atomic mass is 35.5. The summed E-state index contributed by atoms with van der Waals surface area (Å²) in [4.78, 5) is 10.8. The van der Waals surface area contributed by atoms with Crippen LogP contribution in [0.15, 0.2) is 6.07 Å². The Morgan fingerprint density at radius 3 is 2.94 bits per heavy atom. The molecule has 5 heteroatoms. The molecule has 0 N–H and O–H groups in total. The Kier molecular flexibility index (Phi) is 4.78. The van der Waals surface area contributed by atoms with Gasteiger partial charge in [0.2, 0.25) is 0 Å². The predicted octanol–water partition coefficient (Wildman–Crippen LogP) is 2.70. The summed E-state index contributed by atoms with van der Waals surface area (Å²) in [6.45, 7) is 3.76. The Hall–Kier alpha value is -0.870. The fraction of sp³-hybridized carbons (Fsp3) is 0.692. The van der Waals surface area contributed by atoms with Gasteiger partial charge in [-0.1, -0.05) is 18.5 Å². The fourth-order valence-corrected chi connectivity index (χ4v) is 2.35. The van der Waals surface area contributed by atoms with Crippen LogP contribution in [0.1, 0.15) is 32.0 Å². The summed E-state index contributed by atoms with van der Waals surface area (Å²) >= 11 is 6.01. The summed E-state index contributed by atoms with van der Waals surface area (Å²) in [5.41, 5.74) is 0. The van der Waals surface area contributed by atoms with E-state index in [1.54, 1.807) is 0 Å². The molecule has 1 aliphatic heterocycles. The number of nitrogens with zero attached hydrogens (tertiary/aromatic N) is 3. The van der Waals surface area contributed by atoms with Crippen molar-refractivity contribution in [2.45, 2.75) is 38.7 Å². The third-order valence-electron chi connectivity index (χ3n) is 3.19. The first kappa shape index (κ1) is 13.6. The average molecular weight is 270 g/mol. The highest BCUT2D eigenvalue weighted by Gasteiger charge is 2.17. The molecule has 0 aliphatic carbocycles. The van der Waals surface area contributed by atoms with E-state index in [2.05, 4.69) is 14.9 Å². The van der Waals surface area contributed by atoms with Crippen LogP contribution in [0.25, 0.3) is 0 Å². The molecule has 4 nitrogen and oxygen atoms in total. The Morgan fingerprint density at radius 1 is 1.44 bits per heavy atom. The van der Waals surface area contributed by atoms with Crippen LogP contribution >= 0.6 is 11.6 Å². The maximum Gasteiger partial charge on any atom is 0.134 e. The van der Waals surface area contributed by atoms with Crippen LogP contribution in [-0.4, -0.2) is 36.3 Å². The molecule has 1 fully saturated rings. The van der Waals surface area contributed by atoms with E-state index in [-0.39, 0.29) is 0 Å². The van der Waals surface area contributed by atoms with Crippen LogP contribution in [-0.2, 0) is 11.2 Å². The van der Waals surface area contributed by atoms with E-state index in [9.17, 15) is 0 Å². The predicted molar refractivity (Wildman–Crippen MR) is 73.3 cm³/mol. The van der Waals surface area contributed by atoms with Gasteiger partial charge >= 0.3 is 0 Å². The molecule has 0 bridgehead atoms.